The van der Waals surface area contributed by atoms with Crippen molar-refractivity contribution in [3.05, 3.63) is 29.3 Å². The second-order valence-corrected chi connectivity index (χ2v) is 7.91. The number of aryl methyl sites for hydroxylation is 1. The molecule has 1 unspecified atom stereocenters. The van der Waals surface area contributed by atoms with Crippen molar-refractivity contribution in [1.82, 2.24) is 0 Å². The fourth-order valence-electron chi connectivity index (χ4n) is 2.89. The number of rotatable bonds is 12. The van der Waals surface area contributed by atoms with Gasteiger partial charge in [-0.3, -0.25) is 0 Å². The summed E-state index contributed by atoms with van der Waals surface area (Å²) in [5.74, 6) is 0.234. The first-order valence-corrected chi connectivity index (χ1v) is 10.7. The van der Waals surface area contributed by atoms with Crippen LogP contribution in [0.3, 0.4) is 0 Å². The molecule has 0 saturated heterocycles. The van der Waals surface area contributed by atoms with Gasteiger partial charge in [-0.2, -0.15) is 0 Å². The Balaban J connectivity index is 0.00000576. The molecule has 0 aliphatic rings. The van der Waals surface area contributed by atoms with Crippen molar-refractivity contribution in [2.24, 2.45) is 0 Å². The monoisotopic (exact) mass is 378 g/mol. The molecule has 0 saturated carbocycles. The van der Waals surface area contributed by atoms with E-state index in [0.717, 1.165) is 44.3 Å². The molecule has 6 heteroatoms. The maximum absolute atomic E-state index is 10.9. The predicted molar refractivity (Wildman–Crippen MR) is 97.6 cm³/mol. The largest absolute Gasteiger partial charge is 1.00 e. The van der Waals surface area contributed by atoms with Crippen LogP contribution in [-0.4, -0.2) is 24.8 Å². The molecule has 0 fully saturated rings. The quantitative estimate of drug-likeness (QED) is 0.314. The summed E-state index contributed by atoms with van der Waals surface area (Å²) in [6, 6.07) is 5.98. The van der Waals surface area contributed by atoms with Crippen molar-refractivity contribution in [3.63, 3.8) is 0 Å². The molecule has 1 atom stereocenters. The first-order valence-electron chi connectivity index (χ1n) is 9.08. The van der Waals surface area contributed by atoms with Gasteiger partial charge < -0.3 is 9.29 Å². The number of benzene rings is 1. The maximum Gasteiger partial charge on any atom is 1.00 e. The number of ether oxygens (including phenoxy) is 1. The van der Waals surface area contributed by atoms with Gasteiger partial charge in [0.05, 0.1) is 15.9 Å². The molecular formula is C19H31NaO4S. The predicted octanol–water partition coefficient (Wildman–Crippen LogP) is 1.47. The fraction of sp³-hybridized carbons (Fsp3) is 0.684. The van der Waals surface area contributed by atoms with Gasteiger partial charge in [0.1, 0.15) is 11.9 Å². The minimum absolute atomic E-state index is 0. The van der Waals surface area contributed by atoms with Gasteiger partial charge >= 0.3 is 29.6 Å². The zero-order valence-corrected chi connectivity index (χ0v) is 19.0. The van der Waals surface area contributed by atoms with E-state index in [1.54, 1.807) is 6.92 Å². The summed E-state index contributed by atoms with van der Waals surface area (Å²) in [5.41, 5.74) is 2.46. The number of unbranched alkanes of at least 4 members (excludes halogenated alkanes) is 4. The molecule has 0 aliphatic heterocycles. The van der Waals surface area contributed by atoms with E-state index in [9.17, 15) is 13.0 Å². The second kappa shape index (κ2) is 13.2. The number of hydrogen-bond acceptors (Lipinski definition) is 4. The minimum atomic E-state index is -4.28. The molecule has 0 spiro atoms. The smallest absolute Gasteiger partial charge is 0.748 e. The van der Waals surface area contributed by atoms with Crippen LogP contribution in [0.4, 0.5) is 0 Å². The SMILES string of the molecule is CCCCCc1cccc(OC(C)CS(=O)(=O)[O-])c1CCCCC.[Na+]. The Bertz CT molecular complexity index is 587. The van der Waals surface area contributed by atoms with Crippen LogP contribution in [0.25, 0.3) is 0 Å². The Morgan fingerprint density at radius 2 is 1.64 bits per heavy atom. The zero-order chi connectivity index (χ0) is 18.0. The zero-order valence-electron chi connectivity index (χ0n) is 16.2. The van der Waals surface area contributed by atoms with Gasteiger partial charge in [0.15, 0.2) is 0 Å². The van der Waals surface area contributed by atoms with E-state index in [1.165, 1.54) is 24.0 Å². The molecule has 1 rings (SSSR count). The van der Waals surface area contributed by atoms with Crippen molar-refractivity contribution < 1.29 is 47.3 Å². The molecule has 0 aromatic heterocycles. The van der Waals surface area contributed by atoms with E-state index in [-0.39, 0.29) is 29.6 Å². The van der Waals surface area contributed by atoms with Crippen LogP contribution in [0.5, 0.6) is 5.75 Å². The van der Waals surface area contributed by atoms with Gasteiger partial charge in [-0.1, -0.05) is 51.7 Å². The van der Waals surface area contributed by atoms with Crippen molar-refractivity contribution in [2.75, 3.05) is 5.75 Å². The van der Waals surface area contributed by atoms with E-state index in [1.807, 2.05) is 12.1 Å². The molecule has 0 heterocycles. The van der Waals surface area contributed by atoms with Crippen molar-refractivity contribution >= 4 is 10.1 Å². The summed E-state index contributed by atoms with van der Waals surface area (Å²) >= 11 is 0. The van der Waals surface area contributed by atoms with Gasteiger partial charge in [-0.05, 0) is 49.8 Å². The average Bonchev–Trinajstić information content (AvgIpc) is 2.48. The average molecular weight is 379 g/mol. The van der Waals surface area contributed by atoms with Crippen LogP contribution in [0.15, 0.2) is 18.2 Å². The van der Waals surface area contributed by atoms with Crippen molar-refractivity contribution in [3.8, 4) is 5.75 Å². The Morgan fingerprint density at radius 1 is 1.04 bits per heavy atom. The fourth-order valence-corrected chi connectivity index (χ4v) is 3.54. The van der Waals surface area contributed by atoms with E-state index >= 15 is 0 Å². The van der Waals surface area contributed by atoms with Gasteiger partial charge in [0.2, 0.25) is 0 Å². The molecule has 0 amide bonds. The minimum Gasteiger partial charge on any atom is -0.748 e. The van der Waals surface area contributed by atoms with Gasteiger partial charge in [-0.15, -0.1) is 0 Å². The van der Waals surface area contributed by atoms with Gasteiger partial charge in [0.25, 0.3) is 0 Å². The molecule has 4 nitrogen and oxygen atoms in total. The molecular weight excluding hydrogens is 347 g/mol. The Morgan fingerprint density at radius 3 is 2.20 bits per heavy atom. The van der Waals surface area contributed by atoms with Crippen molar-refractivity contribution in [2.45, 2.75) is 78.2 Å². The van der Waals surface area contributed by atoms with Crippen LogP contribution >= 0.6 is 0 Å². The summed E-state index contributed by atoms with van der Waals surface area (Å²) in [6.07, 6.45) is 8.24. The molecule has 138 valence electrons. The summed E-state index contributed by atoms with van der Waals surface area (Å²) in [5, 5.41) is 0. The normalized spacial score (nSPS) is 12.5. The Labute approximate surface area is 175 Å². The Kier molecular flexibility index (Phi) is 13.1. The first kappa shape index (κ1) is 24.9. The van der Waals surface area contributed by atoms with Crippen LogP contribution in [-0.2, 0) is 23.0 Å². The summed E-state index contributed by atoms with van der Waals surface area (Å²) in [4.78, 5) is 0. The molecule has 1 aromatic carbocycles. The van der Waals surface area contributed by atoms with E-state index < -0.39 is 22.0 Å². The van der Waals surface area contributed by atoms with Crippen molar-refractivity contribution in [1.29, 1.82) is 0 Å². The molecule has 1 aromatic rings. The van der Waals surface area contributed by atoms with E-state index in [0.29, 0.717) is 0 Å². The standard InChI is InChI=1S/C19H32O4S.Na/c1-4-6-8-11-17-12-10-14-19(18(17)13-9-7-5-2)23-16(3)15-24(20,21)22;/h10,12,14,16H,4-9,11,13,15H2,1-3H3,(H,20,21,22);/q;+1/p-1. The van der Waals surface area contributed by atoms with Crippen LogP contribution < -0.4 is 34.3 Å². The third kappa shape index (κ3) is 10.6. The first-order chi connectivity index (χ1) is 11.4. The molecule has 0 radical (unpaired) electrons. The Hall–Kier alpha value is -0.0700. The maximum atomic E-state index is 10.9. The molecule has 25 heavy (non-hydrogen) atoms. The third-order valence-electron chi connectivity index (χ3n) is 4.08. The van der Waals surface area contributed by atoms with E-state index in [2.05, 4.69) is 19.9 Å². The second-order valence-electron chi connectivity index (χ2n) is 6.46. The summed E-state index contributed by atoms with van der Waals surface area (Å²) in [7, 11) is -4.28. The summed E-state index contributed by atoms with van der Waals surface area (Å²) in [6.45, 7) is 5.99. The molecule has 0 bridgehead atoms. The third-order valence-corrected chi connectivity index (χ3v) is 4.95. The van der Waals surface area contributed by atoms with Crippen LogP contribution in [0, 0.1) is 0 Å². The van der Waals surface area contributed by atoms with E-state index in [4.69, 9.17) is 4.74 Å². The molecule has 0 N–H and O–H groups in total. The van der Waals surface area contributed by atoms with Gasteiger partial charge in [-0.25, -0.2) is 8.42 Å². The topological polar surface area (TPSA) is 66.4 Å². The number of hydrogen-bond donors (Lipinski definition) is 0. The molecule has 0 aliphatic carbocycles. The van der Waals surface area contributed by atoms with Crippen LogP contribution in [0.2, 0.25) is 0 Å². The van der Waals surface area contributed by atoms with Crippen LogP contribution in [0.1, 0.15) is 70.4 Å². The summed E-state index contributed by atoms with van der Waals surface area (Å²) < 4.78 is 38.6. The van der Waals surface area contributed by atoms with Gasteiger partial charge in [0, 0.05) is 0 Å².